The van der Waals surface area contributed by atoms with E-state index in [-0.39, 0.29) is 24.5 Å². The van der Waals surface area contributed by atoms with Crippen LogP contribution in [0.5, 0.6) is 11.5 Å². The van der Waals surface area contributed by atoms with Crippen LogP contribution in [0.3, 0.4) is 0 Å². The molecule has 154 valence electrons. The number of aryl methyl sites for hydroxylation is 1. The predicted octanol–water partition coefficient (Wildman–Crippen LogP) is 3.90. The number of hydrogen-bond donors (Lipinski definition) is 1. The highest BCUT2D eigenvalue weighted by Crippen LogP contribution is 2.34. The first-order valence-electron chi connectivity index (χ1n) is 9.52. The lowest BCUT2D eigenvalue weighted by Crippen LogP contribution is -2.35. The highest BCUT2D eigenvalue weighted by atomic mass is 32.1. The Kier molecular flexibility index (Phi) is 6.93. The first-order valence-corrected chi connectivity index (χ1v) is 10.3. The van der Waals surface area contributed by atoms with Gasteiger partial charge in [0.2, 0.25) is 0 Å². The number of ether oxygens (including phenoxy) is 3. The van der Waals surface area contributed by atoms with Crippen LogP contribution >= 0.6 is 11.3 Å². The zero-order valence-corrected chi connectivity index (χ0v) is 17.6. The van der Waals surface area contributed by atoms with E-state index in [1.54, 1.807) is 17.4 Å². The van der Waals surface area contributed by atoms with E-state index in [1.807, 2.05) is 51.1 Å². The van der Waals surface area contributed by atoms with Gasteiger partial charge in [-0.25, -0.2) is 4.79 Å². The molecule has 0 saturated carbocycles. The summed E-state index contributed by atoms with van der Waals surface area (Å²) in [6.45, 7) is 6.73. The normalized spacial score (nSPS) is 14.1. The molecule has 3 rings (SSSR count). The van der Waals surface area contributed by atoms with E-state index >= 15 is 0 Å². The van der Waals surface area contributed by atoms with Crippen molar-refractivity contribution in [2.24, 2.45) is 5.92 Å². The fourth-order valence-electron chi connectivity index (χ4n) is 2.98. The number of carbonyl (C=O) groups is 2. The van der Waals surface area contributed by atoms with Gasteiger partial charge in [0.1, 0.15) is 13.2 Å². The number of amides is 1. The van der Waals surface area contributed by atoms with Crippen LogP contribution in [-0.4, -0.2) is 31.7 Å². The van der Waals surface area contributed by atoms with Gasteiger partial charge < -0.3 is 19.5 Å². The fraction of sp³-hybridized carbons (Fsp3) is 0.364. The Hall–Kier alpha value is -2.80. The number of fused-ring (bicyclic) bond motifs is 1. The molecule has 0 radical (unpaired) electrons. The fourth-order valence-corrected chi connectivity index (χ4v) is 3.76. The van der Waals surface area contributed by atoms with Gasteiger partial charge in [-0.15, -0.1) is 11.3 Å². The van der Waals surface area contributed by atoms with Crippen LogP contribution in [0.15, 0.2) is 36.4 Å². The summed E-state index contributed by atoms with van der Waals surface area (Å²) >= 11 is 1.58. The summed E-state index contributed by atoms with van der Waals surface area (Å²) in [5.41, 5.74) is 0.914. The molecule has 1 aromatic carbocycles. The minimum Gasteiger partial charge on any atom is -0.486 e. The quantitative estimate of drug-likeness (QED) is 0.548. The van der Waals surface area contributed by atoms with Gasteiger partial charge in [-0.2, -0.15) is 0 Å². The van der Waals surface area contributed by atoms with Crippen molar-refractivity contribution in [2.75, 3.05) is 19.8 Å². The van der Waals surface area contributed by atoms with E-state index in [9.17, 15) is 9.59 Å². The zero-order valence-electron chi connectivity index (χ0n) is 16.8. The van der Waals surface area contributed by atoms with Gasteiger partial charge in [0.25, 0.3) is 5.91 Å². The minimum absolute atomic E-state index is 0.138. The Balaban J connectivity index is 1.55. The topological polar surface area (TPSA) is 73.9 Å². The molecule has 7 heteroatoms. The van der Waals surface area contributed by atoms with Gasteiger partial charge in [-0.05, 0) is 48.7 Å². The second-order valence-electron chi connectivity index (χ2n) is 7.08. The average Bonchev–Trinajstić information content (AvgIpc) is 3.13. The molecule has 1 atom stereocenters. The van der Waals surface area contributed by atoms with Gasteiger partial charge in [-0.3, -0.25) is 4.79 Å². The highest BCUT2D eigenvalue weighted by molar-refractivity contribution is 7.12. The number of nitrogens with one attached hydrogen (secondary N) is 1. The third-order valence-electron chi connectivity index (χ3n) is 4.40. The van der Waals surface area contributed by atoms with E-state index in [1.165, 1.54) is 6.08 Å². The van der Waals surface area contributed by atoms with Gasteiger partial charge in [0.15, 0.2) is 18.1 Å². The summed E-state index contributed by atoms with van der Waals surface area (Å²) in [4.78, 5) is 26.3. The maximum atomic E-state index is 12.3. The van der Waals surface area contributed by atoms with Crippen LogP contribution in [-0.2, 0) is 14.3 Å². The van der Waals surface area contributed by atoms with Crippen LogP contribution in [0.1, 0.15) is 35.2 Å². The number of esters is 1. The van der Waals surface area contributed by atoms with Crippen molar-refractivity contribution in [3.8, 4) is 11.5 Å². The van der Waals surface area contributed by atoms with Crippen LogP contribution in [0.4, 0.5) is 0 Å². The Morgan fingerprint density at radius 3 is 2.62 bits per heavy atom. The molecule has 1 amide bonds. The van der Waals surface area contributed by atoms with E-state index in [4.69, 9.17) is 14.2 Å². The molecular weight excluding hydrogens is 390 g/mol. The smallest absolute Gasteiger partial charge is 0.331 e. The molecule has 0 bridgehead atoms. The van der Waals surface area contributed by atoms with Crippen molar-refractivity contribution < 1.29 is 23.8 Å². The summed E-state index contributed by atoms with van der Waals surface area (Å²) < 4.78 is 16.2. The summed E-state index contributed by atoms with van der Waals surface area (Å²) in [6.07, 6.45) is 3.02. The van der Waals surface area contributed by atoms with Gasteiger partial charge in [0, 0.05) is 15.8 Å². The molecule has 0 unspecified atom stereocenters. The molecule has 2 heterocycles. The van der Waals surface area contributed by atoms with Crippen molar-refractivity contribution in [3.63, 3.8) is 0 Å². The molecule has 2 aromatic rings. The molecule has 1 aromatic heterocycles. The molecule has 0 fully saturated rings. The van der Waals surface area contributed by atoms with Crippen molar-refractivity contribution in [1.82, 2.24) is 5.32 Å². The highest BCUT2D eigenvalue weighted by Gasteiger charge is 2.21. The van der Waals surface area contributed by atoms with Gasteiger partial charge >= 0.3 is 5.97 Å². The van der Waals surface area contributed by atoms with Crippen molar-refractivity contribution in [2.45, 2.75) is 26.8 Å². The summed E-state index contributed by atoms with van der Waals surface area (Å²) in [6, 6.07) is 9.32. The Labute approximate surface area is 174 Å². The first kappa shape index (κ1) is 20.9. The monoisotopic (exact) mass is 415 g/mol. The SMILES string of the molecule is Cc1ccc(/C=C/C(=O)OCC(=O)N[C@H](c2ccc3c(c2)OCCO3)C(C)C)s1. The predicted molar refractivity (Wildman–Crippen MR) is 112 cm³/mol. The van der Waals surface area contributed by atoms with E-state index in [2.05, 4.69) is 5.32 Å². The molecule has 0 aliphatic carbocycles. The zero-order chi connectivity index (χ0) is 20.8. The Morgan fingerprint density at radius 2 is 1.93 bits per heavy atom. The largest absolute Gasteiger partial charge is 0.486 e. The number of carbonyl (C=O) groups excluding carboxylic acids is 2. The first-order chi connectivity index (χ1) is 13.9. The molecule has 1 aliphatic heterocycles. The summed E-state index contributed by atoms with van der Waals surface area (Å²) in [5, 5.41) is 2.94. The van der Waals surface area contributed by atoms with E-state index in [0.29, 0.717) is 24.7 Å². The third kappa shape index (κ3) is 5.84. The minimum atomic E-state index is -0.549. The molecule has 6 nitrogen and oxygen atoms in total. The molecule has 0 saturated heterocycles. The Morgan fingerprint density at radius 1 is 1.17 bits per heavy atom. The van der Waals surface area contributed by atoms with Crippen molar-refractivity contribution in [3.05, 3.63) is 51.7 Å². The van der Waals surface area contributed by atoms with Crippen LogP contribution in [0.2, 0.25) is 0 Å². The van der Waals surface area contributed by atoms with Gasteiger partial charge in [0.05, 0.1) is 6.04 Å². The number of rotatable bonds is 7. The lowest BCUT2D eigenvalue weighted by molar-refractivity contribution is -0.144. The van der Waals surface area contributed by atoms with E-state index < -0.39 is 5.97 Å². The van der Waals surface area contributed by atoms with Crippen molar-refractivity contribution in [1.29, 1.82) is 0 Å². The Bertz CT molecular complexity index is 902. The maximum absolute atomic E-state index is 12.3. The van der Waals surface area contributed by atoms with Gasteiger partial charge in [-0.1, -0.05) is 19.9 Å². The lowest BCUT2D eigenvalue weighted by Gasteiger charge is -2.25. The molecule has 0 spiro atoms. The number of thiophene rings is 1. The third-order valence-corrected chi connectivity index (χ3v) is 5.36. The lowest BCUT2D eigenvalue weighted by atomic mass is 9.95. The summed E-state index contributed by atoms with van der Waals surface area (Å²) in [5.74, 6) is 0.614. The molecule has 1 N–H and O–H groups in total. The maximum Gasteiger partial charge on any atom is 0.331 e. The van der Waals surface area contributed by atoms with Crippen LogP contribution < -0.4 is 14.8 Å². The standard InChI is InChI=1S/C22H25NO5S/c1-14(2)22(16-5-8-18-19(12-16)27-11-10-26-18)23-20(24)13-28-21(25)9-7-17-6-4-15(3)29-17/h4-9,12,14,22H,10-11,13H2,1-3H3,(H,23,24)/b9-7+/t22-/m0/s1. The van der Waals surface area contributed by atoms with E-state index in [0.717, 1.165) is 15.3 Å². The summed E-state index contributed by atoms with van der Waals surface area (Å²) in [7, 11) is 0. The van der Waals surface area contributed by atoms with Crippen LogP contribution in [0.25, 0.3) is 6.08 Å². The second-order valence-corrected chi connectivity index (χ2v) is 8.40. The molecule has 29 heavy (non-hydrogen) atoms. The number of benzene rings is 1. The molecular formula is C22H25NO5S. The van der Waals surface area contributed by atoms with Crippen LogP contribution in [0, 0.1) is 12.8 Å². The molecule has 1 aliphatic rings. The van der Waals surface area contributed by atoms with Crippen molar-refractivity contribution >= 4 is 29.3 Å². The second kappa shape index (κ2) is 9.60. The number of hydrogen-bond acceptors (Lipinski definition) is 6. The average molecular weight is 416 g/mol.